The van der Waals surface area contributed by atoms with Crippen LogP contribution in [0.3, 0.4) is 0 Å². The molecule has 0 unspecified atom stereocenters. The number of benzene rings is 2. The third kappa shape index (κ3) is 3.44. The van der Waals surface area contributed by atoms with Crippen LogP contribution in [0.25, 0.3) is 17.0 Å². The van der Waals surface area contributed by atoms with E-state index >= 15 is 0 Å². The second kappa shape index (κ2) is 7.15. The summed E-state index contributed by atoms with van der Waals surface area (Å²) in [6, 6.07) is 15.1. The molecule has 0 saturated carbocycles. The van der Waals surface area contributed by atoms with E-state index in [4.69, 9.17) is 0 Å². The molecule has 28 heavy (non-hydrogen) atoms. The number of imidazole rings is 1. The zero-order valence-electron chi connectivity index (χ0n) is 16.0. The van der Waals surface area contributed by atoms with Gasteiger partial charge in [-0.15, -0.1) is 0 Å². The monoisotopic (exact) mass is 371 g/mol. The minimum absolute atomic E-state index is 0.284. The average Bonchev–Trinajstić information content (AvgIpc) is 3.02. The van der Waals surface area contributed by atoms with Gasteiger partial charge in [-0.3, -0.25) is 4.40 Å². The molecule has 0 bridgehead atoms. The summed E-state index contributed by atoms with van der Waals surface area (Å²) < 4.78 is 1.95. The molecule has 2 heterocycles. The lowest BCUT2D eigenvalue weighted by Gasteiger charge is -2.10. The quantitative estimate of drug-likeness (QED) is 0.534. The molecule has 4 aromatic rings. The second-order valence-corrected chi connectivity index (χ2v) is 6.79. The molecule has 0 fully saturated rings. The van der Waals surface area contributed by atoms with Crippen LogP contribution in [-0.4, -0.2) is 20.4 Å². The molecule has 0 aliphatic rings. The largest absolute Gasteiger partial charge is 0.323 e. The Bertz CT molecular complexity index is 1180. The van der Waals surface area contributed by atoms with Gasteiger partial charge in [0.25, 0.3) is 0 Å². The molecule has 0 saturated heterocycles. The fourth-order valence-corrected chi connectivity index (χ4v) is 3.13. The van der Waals surface area contributed by atoms with Crippen molar-refractivity contribution in [2.75, 3.05) is 10.6 Å². The first-order valence-corrected chi connectivity index (χ1v) is 9.06. The van der Waals surface area contributed by atoms with Crippen LogP contribution in [0.15, 0.2) is 60.9 Å². The van der Waals surface area contributed by atoms with E-state index in [1.54, 1.807) is 6.20 Å². The third-order valence-electron chi connectivity index (χ3n) is 4.80. The molecule has 0 aliphatic heterocycles. The lowest BCUT2D eigenvalue weighted by atomic mass is 10.1. The van der Waals surface area contributed by atoms with E-state index in [0.29, 0.717) is 11.5 Å². The van der Waals surface area contributed by atoms with E-state index in [-0.39, 0.29) is 6.03 Å². The van der Waals surface area contributed by atoms with Crippen molar-refractivity contribution >= 4 is 23.2 Å². The van der Waals surface area contributed by atoms with Gasteiger partial charge in [0.05, 0.1) is 5.69 Å². The van der Waals surface area contributed by atoms with Crippen molar-refractivity contribution in [3.8, 4) is 11.3 Å². The number of carbonyl (C=O) groups excluding carboxylic acids is 1. The number of anilines is 2. The van der Waals surface area contributed by atoms with E-state index in [9.17, 15) is 4.79 Å². The number of carbonyl (C=O) groups is 1. The highest BCUT2D eigenvalue weighted by Gasteiger charge is 2.12. The highest BCUT2D eigenvalue weighted by atomic mass is 16.2. The maximum Gasteiger partial charge on any atom is 0.323 e. The molecule has 0 radical (unpaired) electrons. The normalized spacial score (nSPS) is 10.8. The van der Waals surface area contributed by atoms with Crippen LogP contribution in [-0.2, 0) is 0 Å². The number of hydrogen-bond donors (Lipinski definition) is 2. The Morgan fingerprint density at radius 1 is 0.929 bits per heavy atom. The number of nitrogens with zero attached hydrogens (tertiary/aromatic N) is 3. The summed E-state index contributed by atoms with van der Waals surface area (Å²) in [5, 5.41) is 5.76. The first-order valence-electron chi connectivity index (χ1n) is 9.06. The Hall–Kier alpha value is -3.67. The second-order valence-electron chi connectivity index (χ2n) is 6.79. The van der Waals surface area contributed by atoms with Crippen molar-refractivity contribution in [1.82, 2.24) is 14.4 Å². The van der Waals surface area contributed by atoms with Crippen molar-refractivity contribution in [3.63, 3.8) is 0 Å². The van der Waals surface area contributed by atoms with Gasteiger partial charge in [0.15, 0.2) is 0 Å². The Balaban J connectivity index is 1.55. The van der Waals surface area contributed by atoms with Gasteiger partial charge in [0.1, 0.15) is 0 Å². The first kappa shape index (κ1) is 17.7. The number of amides is 2. The van der Waals surface area contributed by atoms with E-state index in [1.165, 1.54) is 5.56 Å². The smallest absolute Gasteiger partial charge is 0.308 e. The van der Waals surface area contributed by atoms with Crippen LogP contribution in [0.1, 0.15) is 16.8 Å². The van der Waals surface area contributed by atoms with E-state index < -0.39 is 0 Å². The Morgan fingerprint density at radius 2 is 1.71 bits per heavy atom. The fourth-order valence-electron chi connectivity index (χ4n) is 3.13. The van der Waals surface area contributed by atoms with Gasteiger partial charge in [0, 0.05) is 35.0 Å². The van der Waals surface area contributed by atoms with Gasteiger partial charge in [-0.1, -0.05) is 18.2 Å². The van der Waals surface area contributed by atoms with Crippen LogP contribution >= 0.6 is 0 Å². The molecule has 4 rings (SSSR count). The Labute approximate surface area is 163 Å². The Morgan fingerprint density at radius 3 is 2.46 bits per heavy atom. The average molecular weight is 371 g/mol. The summed E-state index contributed by atoms with van der Waals surface area (Å²) in [5.74, 6) is 0.654. The van der Waals surface area contributed by atoms with Gasteiger partial charge in [-0.2, -0.15) is 0 Å². The highest BCUT2D eigenvalue weighted by Crippen LogP contribution is 2.25. The molecule has 2 aromatic heterocycles. The predicted molar refractivity (Wildman–Crippen MR) is 112 cm³/mol. The van der Waals surface area contributed by atoms with Crippen LogP contribution in [0.5, 0.6) is 0 Å². The zero-order chi connectivity index (χ0) is 19.7. The molecule has 2 aromatic carbocycles. The number of hydrogen-bond acceptors (Lipinski definition) is 3. The summed E-state index contributed by atoms with van der Waals surface area (Å²) in [7, 11) is 0. The fraction of sp³-hybridized carbons (Fsp3) is 0.136. The predicted octanol–water partition coefficient (Wildman–Crippen LogP) is 4.97. The first-order chi connectivity index (χ1) is 13.5. The lowest BCUT2D eigenvalue weighted by molar-refractivity contribution is 0.262. The summed E-state index contributed by atoms with van der Waals surface area (Å²) in [4.78, 5) is 21.3. The van der Waals surface area contributed by atoms with Gasteiger partial charge >= 0.3 is 6.03 Å². The van der Waals surface area contributed by atoms with Crippen LogP contribution in [0, 0.1) is 20.8 Å². The van der Waals surface area contributed by atoms with E-state index in [1.807, 2.05) is 79.9 Å². The molecule has 0 spiro atoms. The van der Waals surface area contributed by atoms with Crippen LogP contribution < -0.4 is 10.6 Å². The number of urea groups is 1. The summed E-state index contributed by atoms with van der Waals surface area (Å²) in [6.07, 6.45) is 3.66. The standard InChI is InChI=1S/C22H21N5O/c1-14-8-9-19(12-15(14)2)25-22(28)24-18-7-4-6-17(13-18)20-16(3)27-11-5-10-23-21(27)26-20/h4-13H,1-3H3,(H2,24,25,28). The number of fused-ring (bicyclic) bond motifs is 1. The summed E-state index contributed by atoms with van der Waals surface area (Å²) >= 11 is 0. The van der Waals surface area contributed by atoms with Crippen LogP contribution in [0.2, 0.25) is 0 Å². The maximum atomic E-state index is 12.4. The van der Waals surface area contributed by atoms with Crippen molar-refractivity contribution in [3.05, 3.63) is 77.7 Å². The van der Waals surface area contributed by atoms with Crippen molar-refractivity contribution in [2.45, 2.75) is 20.8 Å². The Kier molecular flexibility index (Phi) is 4.53. The van der Waals surface area contributed by atoms with Crippen molar-refractivity contribution < 1.29 is 4.79 Å². The number of aryl methyl sites for hydroxylation is 3. The third-order valence-corrected chi connectivity index (χ3v) is 4.80. The topological polar surface area (TPSA) is 71.3 Å². The van der Waals surface area contributed by atoms with Crippen LogP contribution in [0.4, 0.5) is 16.2 Å². The van der Waals surface area contributed by atoms with Gasteiger partial charge in [0.2, 0.25) is 5.78 Å². The minimum Gasteiger partial charge on any atom is -0.308 e. The molecular formula is C22H21N5O. The van der Waals surface area contributed by atoms with Gasteiger partial charge < -0.3 is 10.6 Å². The highest BCUT2D eigenvalue weighted by molar-refractivity contribution is 6.00. The number of nitrogens with one attached hydrogen (secondary N) is 2. The molecule has 6 heteroatoms. The summed E-state index contributed by atoms with van der Waals surface area (Å²) in [6.45, 7) is 6.07. The molecular weight excluding hydrogens is 350 g/mol. The molecule has 6 nitrogen and oxygen atoms in total. The SMILES string of the molecule is Cc1ccc(NC(=O)Nc2cccc(-c3nc4ncccn4c3C)c2)cc1C. The lowest BCUT2D eigenvalue weighted by Crippen LogP contribution is -2.19. The van der Waals surface area contributed by atoms with Crippen molar-refractivity contribution in [2.24, 2.45) is 0 Å². The maximum absolute atomic E-state index is 12.4. The van der Waals surface area contributed by atoms with Gasteiger partial charge in [-0.05, 0) is 62.2 Å². The molecule has 2 N–H and O–H groups in total. The number of rotatable bonds is 3. The van der Waals surface area contributed by atoms with E-state index in [0.717, 1.165) is 28.2 Å². The molecule has 0 atom stereocenters. The summed E-state index contributed by atoms with van der Waals surface area (Å²) in [5.41, 5.74) is 6.55. The van der Waals surface area contributed by atoms with Gasteiger partial charge in [-0.25, -0.2) is 14.8 Å². The molecule has 140 valence electrons. The number of aromatic nitrogens is 3. The molecule has 2 amide bonds. The zero-order valence-corrected chi connectivity index (χ0v) is 16.0. The van der Waals surface area contributed by atoms with E-state index in [2.05, 4.69) is 20.6 Å². The van der Waals surface area contributed by atoms with Crippen molar-refractivity contribution in [1.29, 1.82) is 0 Å². The minimum atomic E-state index is -0.284. The molecule has 0 aliphatic carbocycles.